The molecule has 0 aromatic carbocycles. The van der Waals surface area contributed by atoms with Gasteiger partial charge in [-0.1, -0.05) is 156 Å². The van der Waals surface area contributed by atoms with Crippen LogP contribution >= 0.6 is 0 Å². The maximum atomic E-state index is 12.6. The van der Waals surface area contributed by atoms with Crippen LogP contribution in [0.15, 0.2) is 11.6 Å². The van der Waals surface area contributed by atoms with E-state index in [4.69, 9.17) is 9.47 Å². The van der Waals surface area contributed by atoms with Crippen molar-refractivity contribution in [2.45, 2.75) is 208 Å². The highest BCUT2D eigenvalue weighted by Crippen LogP contribution is 2.67. The summed E-state index contributed by atoms with van der Waals surface area (Å²) >= 11 is 0. The zero-order valence-electron chi connectivity index (χ0n) is 32.2. The van der Waals surface area contributed by atoms with Crippen molar-refractivity contribution in [3.05, 3.63) is 11.6 Å². The molecule has 4 aliphatic rings. The molecule has 0 spiro atoms. The molecule has 0 N–H and O–H groups in total. The monoisotopic (exact) mass is 655 g/mol. The quantitative estimate of drug-likeness (QED) is 0.0702. The first-order valence-electron chi connectivity index (χ1n) is 21.2. The minimum absolute atomic E-state index is 0.00822. The molecule has 3 heteroatoms. The van der Waals surface area contributed by atoms with Gasteiger partial charge in [-0.05, 0) is 97.7 Å². The fourth-order valence-corrected chi connectivity index (χ4v) is 11.4. The maximum absolute atomic E-state index is 12.6. The van der Waals surface area contributed by atoms with Gasteiger partial charge in [-0.3, -0.25) is 0 Å². The number of unbranched alkanes of at least 4 members (excludes halogenated alkanes) is 13. The van der Waals surface area contributed by atoms with E-state index >= 15 is 0 Å². The van der Waals surface area contributed by atoms with Gasteiger partial charge < -0.3 is 9.47 Å². The number of hydrogen-bond donors (Lipinski definition) is 0. The van der Waals surface area contributed by atoms with Crippen molar-refractivity contribution in [3.8, 4) is 0 Å². The van der Waals surface area contributed by atoms with Crippen LogP contribution in [-0.2, 0) is 9.47 Å². The van der Waals surface area contributed by atoms with E-state index in [1.54, 1.807) is 5.57 Å². The summed E-state index contributed by atoms with van der Waals surface area (Å²) < 4.78 is 11.5. The van der Waals surface area contributed by atoms with Gasteiger partial charge in [0.05, 0.1) is 6.61 Å². The molecule has 47 heavy (non-hydrogen) atoms. The lowest BCUT2D eigenvalue weighted by Gasteiger charge is -2.58. The van der Waals surface area contributed by atoms with Gasteiger partial charge in [-0.2, -0.15) is 0 Å². The van der Waals surface area contributed by atoms with Crippen LogP contribution < -0.4 is 0 Å². The SMILES string of the molecule is CCCCCCCCCCCCCCCCOC(=O)OC1CC[C@@]2(C)C(=CCC3C2CC[C@@]2(C)C3CC[C@@H]2[C@@H](C)CCCC(C)C)C1. The highest BCUT2D eigenvalue weighted by Gasteiger charge is 2.59. The van der Waals surface area contributed by atoms with Gasteiger partial charge in [0.2, 0.25) is 0 Å². The number of hydrogen-bond acceptors (Lipinski definition) is 3. The third-order valence-corrected chi connectivity index (χ3v) is 14.2. The van der Waals surface area contributed by atoms with Crippen LogP contribution in [-0.4, -0.2) is 18.9 Å². The van der Waals surface area contributed by atoms with E-state index in [0.29, 0.717) is 17.4 Å². The second kappa shape index (κ2) is 19.4. The smallest absolute Gasteiger partial charge is 0.434 e. The van der Waals surface area contributed by atoms with E-state index in [1.807, 2.05) is 0 Å². The summed E-state index contributed by atoms with van der Waals surface area (Å²) in [5.41, 5.74) is 2.43. The number of fused-ring (bicyclic) bond motifs is 5. The first-order chi connectivity index (χ1) is 22.7. The Morgan fingerprint density at radius 1 is 0.766 bits per heavy atom. The van der Waals surface area contributed by atoms with Gasteiger partial charge in [-0.15, -0.1) is 0 Å². The Kier molecular flexibility index (Phi) is 16.0. The Bertz CT molecular complexity index is 938. The van der Waals surface area contributed by atoms with Crippen LogP contribution in [0.1, 0.15) is 202 Å². The molecule has 0 heterocycles. The second-order valence-electron chi connectivity index (χ2n) is 18.0. The molecular formula is C44H78O3. The first-order valence-corrected chi connectivity index (χ1v) is 21.2. The largest absolute Gasteiger partial charge is 0.508 e. The lowest BCUT2D eigenvalue weighted by atomic mass is 9.47. The van der Waals surface area contributed by atoms with Crippen LogP contribution in [0.3, 0.4) is 0 Å². The van der Waals surface area contributed by atoms with Gasteiger partial charge in [-0.25, -0.2) is 4.79 Å². The highest BCUT2D eigenvalue weighted by molar-refractivity contribution is 5.60. The predicted octanol–water partition coefficient (Wildman–Crippen LogP) is 14.0. The average molecular weight is 655 g/mol. The second-order valence-corrected chi connectivity index (χ2v) is 18.0. The molecule has 3 fully saturated rings. The summed E-state index contributed by atoms with van der Waals surface area (Å²) in [7, 11) is 0. The third kappa shape index (κ3) is 10.7. The zero-order valence-corrected chi connectivity index (χ0v) is 32.2. The fraction of sp³-hybridized carbons (Fsp3) is 0.932. The van der Waals surface area contributed by atoms with E-state index in [-0.39, 0.29) is 6.10 Å². The summed E-state index contributed by atoms with van der Waals surface area (Å²) in [5, 5.41) is 0. The van der Waals surface area contributed by atoms with Crippen molar-refractivity contribution in [3.63, 3.8) is 0 Å². The van der Waals surface area contributed by atoms with Crippen molar-refractivity contribution in [1.29, 1.82) is 0 Å². The topological polar surface area (TPSA) is 35.5 Å². The lowest BCUT2D eigenvalue weighted by molar-refractivity contribution is -0.0617. The molecule has 4 rings (SSSR count). The normalized spacial score (nSPS) is 32.3. The molecule has 4 unspecified atom stereocenters. The molecule has 272 valence electrons. The van der Waals surface area contributed by atoms with Gasteiger partial charge in [0, 0.05) is 6.42 Å². The third-order valence-electron chi connectivity index (χ3n) is 14.2. The standard InChI is InChI=1S/C44H78O3/c1-7-8-9-10-11-12-13-14-15-16-17-18-19-20-32-46-42(45)47-37-28-30-43(5)36(33-37)24-25-38-40-27-26-39(35(4)23-21-22-34(2)3)44(40,6)31-29-41(38)43/h24,34-35,37-41H,7-23,25-33H2,1-6H3/t35-,37?,38?,39+,40?,41?,43-,44+/m0/s1. The van der Waals surface area contributed by atoms with Crippen LogP contribution in [0.5, 0.6) is 0 Å². The molecular weight excluding hydrogens is 576 g/mol. The lowest BCUT2D eigenvalue weighted by Crippen LogP contribution is -2.51. The Morgan fingerprint density at radius 2 is 1.40 bits per heavy atom. The molecule has 0 saturated heterocycles. The van der Waals surface area contributed by atoms with Gasteiger partial charge in [0.25, 0.3) is 0 Å². The number of rotatable bonds is 21. The Morgan fingerprint density at radius 3 is 2.04 bits per heavy atom. The number of carbonyl (C=O) groups is 1. The van der Waals surface area contributed by atoms with Gasteiger partial charge in [0.1, 0.15) is 6.10 Å². The Balaban J connectivity index is 1.10. The van der Waals surface area contributed by atoms with Crippen LogP contribution in [0.25, 0.3) is 0 Å². The molecule has 3 nitrogen and oxygen atoms in total. The number of allylic oxidation sites excluding steroid dienone is 1. The van der Waals surface area contributed by atoms with E-state index in [9.17, 15) is 4.79 Å². The Hall–Kier alpha value is -0.990. The minimum atomic E-state index is -0.435. The summed E-state index contributed by atoms with van der Waals surface area (Å²) in [5.74, 6) is 5.17. The van der Waals surface area contributed by atoms with Crippen LogP contribution in [0.4, 0.5) is 4.79 Å². The molecule has 4 aliphatic carbocycles. The average Bonchev–Trinajstić information content (AvgIpc) is 3.40. The molecule has 0 aromatic heterocycles. The van der Waals surface area contributed by atoms with Crippen molar-refractivity contribution in [2.75, 3.05) is 6.61 Å². The van der Waals surface area contributed by atoms with Crippen molar-refractivity contribution in [1.82, 2.24) is 0 Å². The first kappa shape index (κ1) is 38.8. The zero-order chi connectivity index (χ0) is 33.7. The Labute approximate surface area is 292 Å². The number of ether oxygens (including phenoxy) is 2. The van der Waals surface area contributed by atoms with E-state index in [1.165, 1.54) is 128 Å². The summed E-state index contributed by atoms with van der Waals surface area (Å²) in [6.45, 7) is 15.4. The van der Waals surface area contributed by atoms with Crippen molar-refractivity contribution >= 4 is 6.16 Å². The number of carbonyl (C=O) groups excluding carboxylic acids is 1. The van der Waals surface area contributed by atoms with Gasteiger partial charge in [0.15, 0.2) is 0 Å². The minimum Gasteiger partial charge on any atom is -0.434 e. The fourth-order valence-electron chi connectivity index (χ4n) is 11.4. The van der Waals surface area contributed by atoms with Gasteiger partial charge >= 0.3 is 6.16 Å². The summed E-state index contributed by atoms with van der Waals surface area (Å²) in [6.07, 6.45) is 35.1. The summed E-state index contributed by atoms with van der Waals surface area (Å²) in [6, 6.07) is 0. The molecule has 0 amide bonds. The van der Waals surface area contributed by atoms with E-state index in [2.05, 4.69) is 47.6 Å². The van der Waals surface area contributed by atoms with E-state index in [0.717, 1.165) is 67.6 Å². The highest BCUT2D eigenvalue weighted by atomic mass is 16.7. The molecule has 8 atom stereocenters. The van der Waals surface area contributed by atoms with Crippen LogP contribution in [0, 0.1) is 46.3 Å². The molecule has 0 aromatic rings. The molecule has 0 radical (unpaired) electrons. The predicted molar refractivity (Wildman–Crippen MR) is 200 cm³/mol. The molecule has 0 bridgehead atoms. The van der Waals surface area contributed by atoms with E-state index < -0.39 is 6.16 Å². The molecule has 3 saturated carbocycles. The molecule has 0 aliphatic heterocycles. The van der Waals surface area contributed by atoms with Crippen LogP contribution in [0.2, 0.25) is 0 Å². The summed E-state index contributed by atoms with van der Waals surface area (Å²) in [4.78, 5) is 12.6. The maximum Gasteiger partial charge on any atom is 0.508 e. The van der Waals surface area contributed by atoms with Crippen molar-refractivity contribution in [2.24, 2.45) is 46.3 Å². The van der Waals surface area contributed by atoms with Crippen molar-refractivity contribution < 1.29 is 14.3 Å².